The minimum Gasteiger partial charge on any atom is -0.491 e. The molecule has 0 saturated heterocycles. The second-order valence-electron chi connectivity index (χ2n) is 8.12. The van der Waals surface area contributed by atoms with Crippen molar-refractivity contribution in [3.05, 3.63) is 64.9 Å². The Hall–Kier alpha value is -3.39. The Labute approximate surface area is 191 Å². The van der Waals surface area contributed by atoms with Gasteiger partial charge in [-0.3, -0.25) is 5.32 Å². The van der Waals surface area contributed by atoms with E-state index in [0.717, 1.165) is 40.1 Å². The lowest BCUT2D eigenvalue weighted by Crippen LogP contribution is -2.20. The Morgan fingerprint density at radius 2 is 2.00 bits per heavy atom. The third-order valence-corrected chi connectivity index (χ3v) is 5.75. The highest BCUT2D eigenvalue weighted by molar-refractivity contribution is 7.15. The number of urea groups is 1. The Morgan fingerprint density at radius 3 is 2.81 bits per heavy atom. The maximum Gasteiger partial charge on any atom is 0.325 e. The maximum absolute atomic E-state index is 12.5. The SMILES string of the molecule is Cc1ccc(NC(=O)Nc2ncc(CCc3nc4ccccc4[nH]3)s2)c(OCC(C)C)c1. The highest BCUT2D eigenvalue weighted by atomic mass is 32.1. The number of rotatable bonds is 8. The van der Waals surface area contributed by atoms with Crippen LogP contribution in [0.1, 0.15) is 30.1 Å². The van der Waals surface area contributed by atoms with Crippen molar-refractivity contribution in [2.24, 2.45) is 5.92 Å². The Balaban J connectivity index is 1.33. The number of fused-ring (bicyclic) bond motifs is 1. The molecule has 3 N–H and O–H groups in total. The molecule has 0 aliphatic carbocycles. The molecule has 32 heavy (non-hydrogen) atoms. The lowest BCUT2D eigenvalue weighted by Gasteiger charge is -2.14. The van der Waals surface area contributed by atoms with Gasteiger partial charge in [0.05, 0.1) is 23.3 Å². The summed E-state index contributed by atoms with van der Waals surface area (Å²) >= 11 is 1.46. The van der Waals surface area contributed by atoms with Gasteiger partial charge in [0.25, 0.3) is 0 Å². The number of para-hydroxylation sites is 2. The van der Waals surface area contributed by atoms with Gasteiger partial charge in [0, 0.05) is 17.5 Å². The molecule has 0 fully saturated rings. The van der Waals surface area contributed by atoms with E-state index in [1.165, 1.54) is 11.3 Å². The Morgan fingerprint density at radius 1 is 1.16 bits per heavy atom. The molecular weight excluding hydrogens is 422 g/mol. The first kappa shape index (κ1) is 21.8. The first-order valence-corrected chi connectivity index (χ1v) is 11.5. The standard InChI is InChI=1S/C24H27N5O2S/c1-15(2)14-31-21-12-16(3)8-10-20(21)28-23(30)29-24-25-13-17(32-24)9-11-22-26-18-6-4-5-7-19(18)27-22/h4-8,10,12-13,15H,9,11,14H2,1-3H3,(H,26,27)(H2,25,28,29,30). The fourth-order valence-corrected chi connectivity index (χ4v) is 4.01. The van der Waals surface area contributed by atoms with Crippen LogP contribution in [0.3, 0.4) is 0 Å². The summed E-state index contributed by atoms with van der Waals surface area (Å²) in [5.74, 6) is 2.00. The van der Waals surface area contributed by atoms with Crippen molar-refractivity contribution in [1.29, 1.82) is 0 Å². The fraction of sp³-hybridized carbons (Fsp3) is 0.292. The Kier molecular flexibility index (Phi) is 6.70. The molecule has 0 spiro atoms. The molecule has 8 heteroatoms. The molecule has 0 atom stereocenters. The predicted molar refractivity (Wildman–Crippen MR) is 130 cm³/mol. The van der Waals surface area contributed by atoms with Crippen LogP contribution in [0.2, 0.25) is 0 Å². The van der Waals surface area contributed by atoms with Gasteiger partial charge in [-0.05, 0) is 49.1 Å². The number of H-pyrrole nitrogens is 1. The van der Waals surface area contributed by atoms with E-state index in [1.807, 2.05) is 49.4 Å². The van der Waals surface area contributed by atoms with E-state index in [1.54, 1.807) is 6.20 Å². The summed E-state index contributed by atoms with van der Waals surface area (Å²) in [6.07, 6.45) is 3.38. The first-order valence-electron chi connectivity index (χ1n) is 10.7. The average molecular weight is 450 g/mol. The monoisotopic (exact) mass is 449 g/mol. The van der Waals surface area contributed by atoms with Gasteiger partial charge < -0.3 is 15.0 Å². The number of hydrogen-bond acceptors (Lipinski definition) is 5. The van der Waals surface area contributed by atoms with E-state index in [2.05, 4.69) is 39.4 Å². The van der Waals surface area contributed by atoms with Gasteiger partial charge in [0.1, 0.15) is 11.6 Å². The van der Waals surface area contributed by atoms with Crippen molar-refractivity contribution in [2.45, 2.75) is 33.6 Å². The molecule has 2 heterocycles. The van der Waals surface area contributed by atoms with Gasteiger partial charge in [-0.25, -0.2) is 14.8 Å². The minimum absolute atomic E-state index is 0.346. The lowest BCUT2D eigenvalue weighted by molar-refractivity contribution is 0.260. The normalized spacial score (nSPS) is 11.1. The maximum atomic E-state index is 12.5. The summed E-state index contributed by atoms with van der Waals surface area (Å²) in [7, 11) is 0. The number of carbonyl (C=O) groups is 1. The molecule has 2 aromatic carbocycles. The number of aromatic amines is 1. The lowest BCUT2D eigenvalue weighted by atomic mass is 10.2. The molecule has 0 radical (unpaired) electrons. The average Bonchev–Trinajstić information content (AvgIpc) is 3.38. The van der Waals surface area contributed by atoms with Crippen molar-refractivity contribution in [3.63, 3.8) is 0 Å². The van der Waals surface area contributed by atoms with Crippen LogP contribution >= 0.6 is 11.3 Å². The molecule has 0 aliphatic heterocycles. The zero-order valence-corrected chi connectivity index (χ0v) is 19.3. The summed E-state index contributed by atoms with van der Waals surface area (Å²) in [4.78, 5) is 25.9. The van der Waals surface area contributed by atoms with E-state index in [9.17, 15) is 4.79 Å². The van der Waals surface area contributed by atoms with Crippen LogP contribution in [0.4, 0.5) is 15.6 Å². The quantitative estimate of drug-likeness (QED) is 0.317. The van der Waals surface area contributed by atoms with Gasteiger partial charge >= 0.3 is 6.03 Å². The number of aromatic nitrogens is 3. The molecule has 0 aliphatic rings. The number of aryl methyl sites for hydroxylation is 3. The summed E-state index contributed by atoms with van der Waals surface area (Å²) in [6, 6.07) is 13.4. The molecule has 2 amide bonds. The van der Waals surface area contributed by atoms with E-state index in [-0.39, 0.29) is 6.03 Å². The molecular formula is C24H27N5O2S. The molecule has 4 aromatic rings. The van der Waals surface area contributed by atoms with Crippen molar-refractivity contribution >= 4 is 39.2 Å². The number of nitrogens with one attached hydrogen (secondary N) is 3. The predicted octanol–water partition coefficient (Wildman–Crippen LogP) is 5.79. The van der Waals surface area contributed by atoms with Crippen molar-refractivity contribution in [2.75, 3.05) is 17.2 Å². The summed E-state index contributed by atoms with van der Waals surface area (Å²) < 4.78 is 5.87. The molecule has 166 valence electrons. The van der Waals surface area contributed by atoms with Gasteiger partial charge in [-0.2, -0.15) is 0 Å². The second-order valence-corrected chi connectivity index (χ2v) is 9.23. The van der Waals surface area contributed by atoms with E-state index in [0.29, 0.717) is 29.1 Å². The zero-order valence-electron chi connectivity index (χ0n) is 18.4. The molecule has 2 aromatic heterocycles. The number of ether oxygens (including phenoxy) is 1. The van der Waals surface area contributed by atoms with E-state index < -0.39 is 0 Å². The fourth-order valence-electron chi connectivity index (χ4n) is 3.21. The van der Waals surface area contributed by atoms with Crippen molar-refractivity contribution in [1.82, 2.24) is 15.0 Å². The van der Waals surface area contributed by atoms with Crippen LogP contribution in [0.15, 0.2) is 48.7 Å². The smallest absolute Gasteiger partial charge is 0.325 e. The van der Waals surface area contributed by atoms with Gasteiger partial charge in [-0.1, -0.05) is 32.0 Å². The van der Waals surface area contributed by atoms with Crippen LogP contribution in [0.25, 0.3) is 11.0 Å². The summed E-state index contributed by atoms with van der Waals surface area (Å²) in [5, 5.41) is 6.24. The number of hydrogen-bond donors (Lipinski definition) is 3. The minimum atomic E-state index is -0.346. The van der Waals surface area contributed by atoms with Gasteiger partial charge in [-0.15, -0.1) is 11.3 Å². The van der Waals surface area contributed by atoms with Crippen LogP contribution in [0, 0.1) is 12.8 Å². The summed E-state index contributed by atoms with van der Waals surface area (Å²) in [5.41, 5.74) is 3.72. The highest BCUT2D eigenvalue weighted by Crippen LogP contribution is 2.27. The number of benzene rings is 2. The number of anilines is 2. The largest absolute Gasteiger partial charge is 0.491 e. The third-order valence-electron chi connectivity index (χ3n) is 4.78. The second kappa shape index (κ2) is 9.82. The number of imidazole rings is 1. The van der Waals surface area contributed by atoms with E-state index in [4.69, 9.17) is 4.74 Å². The molecule has 4 rings (SSSR count). The van der Waals surface area contributed by atoms with Crippen LogP contribution < -0.4 is 15.4 Å². The molecule has 7 nitrogen and oxygen atoms in total. The Bertz CT molecular complexity index is 1180. The van der Waals surface area contributed by atoms with Crippen LogP contribution in [0.5, 0.6) is 5.75 Å². The zero-order chi connectivity index (χ0) is 22.5. The third kappa shape index (κ3) is 5.64. The topological polar surface area (TPSA) is 91.9 Å². The van der Waals surface area contributed by atoms with Crippen molar-refractivity contribution < 1.29 is 9.53 Å². The van der Waals surface area contributed by atoms with Gasteiger partial charge in [0.2, 0.25) is 0 Å². The number of amides is 2. The van der Waals surface area contributed by atoms with Crippen LogP contribution in [-0.2, 0) is 12.8 Å². The highest BCUT2D eigenvalue weighted by Gasteiger charge is 2.12. The van der Waals surface area contributed by atoms with Crippen LogP contribution in [-0.4, -0.2) is 27.6 Å². The number of thiazole rings is 1. The van der Waals surface area contributed by atoms with Gasteiger partial charge in [0.15, 0.2) is 5.13 Å². The molecule has 0 saturated carbocycles. The number of nitrogens with zero attached hydrogens (tertiary/aromatic N) is 2. The summed E-state index contributed by atoms with van der Waals surface area (Å²) in [6.45, 7) is 6.75. The first-order chi connectivity index (χ1) is 15.5. The number of carbonyl (C=O) groups excluding carboxylic acids is 1. The van der Waals surface area contributed by atoms with E-state index >= 15 is 0 Å². The van der Waals surface area contributed by atoms with Crippen molar-refractivity contribution in [3.8, 4) is 5.75 Å². The molecule has 0 unspecified atom stereocenters. The molecule has 0 bridgehead atoms.